The van der Waals surface area contributed by atoms with Crippen LogP contribution in [-0.2, 0) is 0 Å². The Labute approximate surface area is 72.1 Å². The highest BCUT2D eigenvalue weighted by molar-refractivity contribution is 5.88. The Morgan fingerprint density at radius 1 is 1.31 bits per heavy atom. The van der Waals surface area contributed by atoms with Crippen molar-refractivity contribution >= 4 is 16.6 Å². The number of benzene rings is 1. The van der Waals surface area contributed by atoms with E-state index in [-0.39, 0.29) is 5.69 Å². The standard InChI is InChI=1S/C7H4N4O2/c12-9-6-3-1-2-5-4-11(10-13)8-7(5)6/h1-4H. The highest BCUT2D eigenvalue weighted by atomic mass is 16.3. The number of hydrogen-bond acceptors (Lipinski definition) is 5. The topological polar surface area (TPSA) is 76.7 Å². The molecule has 1 aromatic heterocycles. The first-order valence-electron chi connectivity index (χ1n) is 3.50. The first kappa shape index (κ1) is 7.53. The van der Waals surface area contributed by atoms with E-state index in [9.17, 15) is 9.81 Å². The molecule has 0 aliphatic rings. The zero-order valence-electron chi connectivity index (χ0n) is 6.41. The summed E-state index contributed by atoms with van der Waals surface area (Å²) < 4.78 is 0. The molecule has 1 heterocycles. The van der Waals surface area contributed by atoms with E-state index in [0.717, 1.165) is 4.79 Å². The summed E-state index contributed by atoms with van der Waals surface area (Å²) in [6.45, 7) is 0. The first-order valence-corrected chi connectivity index (χ1v) is 3.50. The maximum Gasteiger partial charge on any atom is 0.136 e. The Hall–Kier alpha value is -2.11. The SMILES string of the molecule is O=Nc1cccc2cn(N=O)nc12. The highest BCUT2D eigenvalue weighted by Gasteiger charge is 2.05. The van der Waals surface area contributed by atoms with Gasteiger partial charge in [-0.1, -0.05) is 12.1 Å². The summed E-state index contributed by atoms with van der Waals surface area (Å²) in [5.41, 5.74) is 0.594. The lowest BCUT2D eigenvalue weighted by Crippen LogP contribution is -1.83. The fourth-order valence-electron chi connectivity index (χ4n) is 1.13. The molecule has 0 radical (unpaired) electrons. The second kappa shape index (κ2) is 2.74. The van der Waals surface area contributed by atoms with Crippen LogP contribution in [0.4, 0.5) is 5.69 Å². The molecule has 1 aromatic carbocycles. The van der Waals surface area contributed by atoms with Crippen LogP contribution < -0.4 is 0 Å². The second-order valence-electron chi connectivity index (χ2n) is 2.44. The molecule has 13 heavy (non-hydrogen) atoms. The van der Waals surface area contributed by atoms with Gasteiger partial charge in [0.1, 0.15) is 11.2 Å². The van der Waals surface area contributed by atoms with Crippen molar-refractivity contribution in [3.05, 3.63) is 34.2 Å². The number of aromatic nitrogens is 2. The molecule has 0 atom stereocenters. The summed E-state index contributed by atoms with van der Waals surface area (Å²) in [5, 5.41) is 9.78. The molecule has 0 spiro atoms. The molecule has 0 unspecified atom stereocenters. The maximum absolute atomic E-state index is 10.3. The van der Waals surface area contributed by atoms with Crippen molar-refractivity contribution in [1.29, 1.82) is 0 Å². The van der Waals surface area contributed by atoms with Crippen molar-refractivity contribution in [3.63, 3.8) is 0 Å². The fourth-order valence-corrected chi connectivity index (χ4v) is 1.13. The third kappa shape index (κ3) is 1.08. The van der Waals surface area contributed by atoms with E-state index in [1.807, 2.05) is 0 Å². The Kier molecular flexibility index (Phi) is 1.59. The van der Waals surface area contributed by atoms with Crippen LogP contribution in [0.3, 0.4) is 0 Å². The van der Waals surface area contributed by atoms with Crippen molar-refractivity contribution in [2.24, 2.45) is 10.5 Å². The number of rotatable bonds is 2. The van der Waals surface area contributed by atoms with Gasteiger partial charge >= 0.3 is 0 Å². The minimum Gasteiger partial charge on any atom is -0.145 e. The van der Waals surface area contributed by atoms with Crippen molar-refractivity contribution in [1.82, 2.24) is 9.89 Å². The van der Waals surface area contributed by atoms with Crippen LogP contribution >= 0.6 is 0 Å². The lowest BCUT2D eigenvalue weighted by Gasteiger charge is -1.87. The first-order chi connectivity index (χ1) is 6.35. The van der Waals surface area contributed by atoms with Crippen LogP contribution in [0.2, 0.25) is 0 Å². The second-order valence-corrected chi connectivity index (χ2v) is 2.44. The maximum atomic E-state index is 10.3. The van der Waals surface area contributed by atoms with Gasteiger partial charge in [-0.05, 0) is 11.2 Å². The van der Waals surface area contributed by atoms with E-state index in [4.69, 9.17) is 0 Å². The molecule has 2 aromatic rings. The van der Waals surface area contributed by atoms with E-state index >= 15 is 0 Å². The number of nitrogens with zero attached hydrogens (tertiary/aromatic N) is 4. The molecule has 0 saturated carbocycles. The van der Waals surface area contributed by atoms with Crippen LogP contribution in [0.25, 0.3) is 10.9 Å². The Balaban J connectivity index is 2.81. The zero-order valence-corrected chi connectivity index (χ0v) is 6.41. The molecule has 64 valence electrons. The summed E-state index contributed by atoms with van der Waals surface area (Å²) in [7, 11) is 0. The molecule has 0 aliphatic heterocycles. The molecule has 2 rings (SSSR count). The van der Waals surface area contributed by atoms with E-state index in [0.29, 0.717) is 10.9 Å². The smallest absolute Gasteiger partial charge is 0.136 e. The van der Waals surface area contributed by atoms with Gasteiger partial charge in [-0.2, -0.15) is 0 Å². The monoisotopic (exact) mass is 176 g/mol. The third-order valence-corrected chi connectivity index (χ3v) is 1.68. The molecule has 0 amide bonds. The highest BCUT2D eigenvalue weighted by Crippen LogP contribution is 2.23. The van der Waals surface area contributed by atoms with Crippen LogP contribution in [0.5, 0.6) is 0 Å². The number of nitroso groups, excluding NO2 is 2. The van der Waals surface area contributed by atoms with Gasteiger partial charge in [-0.3, -0.25) is 0 Å². The average Bonchev–Trinajstić information content (AvgIpc) is 2.59. The third-order valence-electron chi connectivity index (χ3n) is 1.68. The number of fused-ring (bicyclic) bond motifs is 1. The Morgan fingerprint density at radius 3 is 2.85 bits per heavy atom. The van der Waals surface area contributed by atoms with Crippen molar-refractivity contribution < 1.29 is 0 Å². The van der Waals surface area contributed by atoms with Crippen molar-refractivity contribution in [3.8, 4) is 0 Å². The average molecular weight is 176 g/mol. The summed E-state index contributed by atoms with van der Waals surface area (Å²) in [4.78, 5) is 21.3. The van der Waals surface area contributed by atoms with Gasteiger partial charge in [0, 0.05) is 5.39 Å². The Morgan fingerprint density at radius 2 is 2.15 bits per heavy atom. The molecular weight excluding hydrogens is 172 g/mol. The molecule has 0 bridgehead atoms. The molecule has 0 fully saturated rings. The van der Waals surface area contributed by atoms with E-state index in [1.165, 1.54) is 12.3 Å². The molecule has 6 nitrogen and oxygen atoms in total. The fraction of sp³-hybridized carbons (Fsp3) is 0. The molecular formula is C7H4N4O2. The van der Waals surface area contributed by atoms with E-state index in [2.05, 4.69) is 15.6 Å². The minimum atomic E-state index is 0.208. The summed E-state index contributed by atoms with van der Waals surface area (Å²) in [6, 6.07) is 4.91. The predicted molar refractivity (Wildman–Crippen MR) is 46.4 cm³/mol. The van der Waals surface area contributed by atoms with Gasteiger partial charge in [-0.25, -0.2) is 0 Å². The lowest BCUT2D eigenvalue weighted by molar-refractivity contribution is 0.743. The van der Waals surface area contributed by atoms with E-state index in [1.54, 1.807) is 12.1 Å². The van der Waals surface area contributed by atoms with Gasteiger partial charge in [0.05, 0.1) is 11.5 Å². The predicted octanol–water partition coefficient (Wildman–Crippen LogP) is 1.96. The van der Waals surface area contributed by atoms with Crippen LogP contribution in [0.15, 0.2) is 34.9 Å². The summed E-state index contributed by atoms with van der Waals surface area (Å²) in [6.07, 6.45) is 1.43. The Bertz CT molecular complexity index is 476. The van der Waals surface area contributed by atoms with Gasteiger partial charge in [0.25, 0.3) is 0 Å². The molecule has 0 aliphatic carbocycles. The van der Waals surface area contributed by atoms with Crippen LogP contribution in [-0.4, -0.2) is 9.89 Å². The summed E-state index contributed by atoms with van der Waals surface area (Å²) >= 11 is 0. The zero-order chi connectivity index (χ0) is 9.26. The van der Waals surface area contributed by atoms with E-state index < -0.39 is 0 Å². The molecule has 6 heteroatoms. The quantitative estimate of drug-likeness (QED) is 0.656. The molecule has 0 saturated heterocycles. The minimum absolute atomic E-state index is 0.208. The van der Waals surface area contributed by atoms with Gasteiger partial charge in [0.15, 0.2) is 0 Å². The van der Waals surface area contributed by atoms with Crippen LogP contribution in [0, 0.1) is 9.81 Å². The largest absolute Gasteiger partial charge is 0.145 e. The number of hydrogen-bond donors (Lipinski definition) is 0. The van der Waals surface area contributed by atoms with Crippen molar-refractivity contribution in [2.45, 2.75) is 0 Å². The lowest BCUT2D eigenvalue weighted by atomic mass is 10.2. The van der Waals surface area contributed by atoms with Crippen molar-refractivity contribution in [2.75, 3.05) is 0 Å². The van der Waals surface area contributed by atoms with Crippen LogP contribution in [0.1, 0.15) is 0 Å². The molecule has 0 N–H and O–H groups in total. The van der Waals surface area contributed by atoms with Gasteiger partial charge in [0.2, 0.25) is 0 Å². The summed E-state index contributed by atoms with van der Waals surface area (Å²) in [5.74, 6) is 0. The van der Waals surface area contributed by atoms with Gasteiger partial charge < -0.3 is 0 Å². The van der Waals surface area contributed by atoms with Gasteiger partial charge in [-0.15, -0.1) is 19.7 Å². The normalized spacial score (nSPS) is 10.2.